The number of nitrogens with one attached hydrogen (secondary N) is 1. The number of piperidine rings is 1. The number of nitrogens with zero attached hydrogens (tertiary/aromatic N) is 2. The quantitative estimate of drug-likeness (QED) is 0.692. The van der Waals surface area contributed by atoms with E-state index in [4.69, 9.17) is 4.74 Å². The molecule has 1 N–H and O–H groups in total. The number of hydrogen-bond donors (Lipinski definition) is 1. The predicted octanol–water partition coefficient (Wildman–Crippen LogP) is 4.52. The first-order valence-electron chi connectivity index (χ1n) is 10.9. The molecule has 0 spiro atoms. The molecule has 158 valence electrons. The van der Waals surface area contributed by atoms with Gasteiger partial charge in [0.15, 0.2) is 0 Å². The number of likely N-dealkylation sites (tertiary alicyclic amines) is 1. The lowest BCUT2D eigenvalue weighted by Crippen LogP contribution is -2.31. The normalized spacial score (nSPS) is 25.3. The van der Waals surface area contributed by atoms with Gasteiger partial charge in [-0.1, -0.05) is 23.8 Å². The first kappa shape index (κ1) is 19.8. The Bertz CT molecular complexity index is 940. The average Bonchev–Trinajstić information content (AvgIpc) is 3.13. The Kier molecular flexibility index (Phi) is 5.37. The molecule has 3 atom stereocenters. The van der Waals surface area contributed by atoms with E-state index in [1.54, 1.807) is 12.1 Å². The lowest BCUT2D eigenvalue weighted by molar-refractivity contribution is 0.0771. The van der Waals surface area contributed by atoms with E-state index >= 15 is 0 Å². The summed E-state index contributed by atoms with van der Waals surface area (Å²) in [6.45, 7) is 7.79. The number of carbonyl (C=O) groups is 1. The van der Waals surface area contributed by atoms with Crippen LogP contribution in [0.5, 0.6) is 5.75 Å². The average molecular weight is 424 g/mol. The molecular formula is C24H29N3O2S. The molecule has 1 amide bonds. The predicted molar refractivity (Wildman–Crippen MR) is 122 cm³/mol. The van der Waals surface area contributed by atoms with Crippen molar-refractivity contribution in [2.24, 2.45) is 11.8 Å². The van der Waals surface area contributed by atoms with Gasteiger partial charge < -0.3 is 14.4 Å². The molecule has 0 radical (unpaired) electrons. The highest BCUT2D eigenvalue weighted by atomic mass is 32.2. The van der Waals surface area contributed by atoms with Crippen LogP contribution in [0, 0.1) is 25.7 Å². The summed E-state index contributed by atoms with van der Waals surface area (Å²) in [5, 5.41) is 0. The number of rotatable bonds is 6. The fourth-order valence-electron chi connectivity index (χ4n) is 4.52. The molecular weight excluding hydrogens is 394 g/mol. The minimum Gasteiger partial charge on any atom is -0.488 e. The lowest BCUT2D eigenvalue weighted by atomic mass is 10.0. The van der Waals surface area contributed by atoms with Crippen molar-refractivity contribution >= 4 is 23.7 Å². The monoisotopic (exact) mass is 423 g/mol. The Morgan fingerprint density at radius 2 is 1.93 bits per heavy atom. The number of fused-ring (bicyclic) bond motifs is 1. The Hall–Kier alpha value is -2.18. The van der Waals surface area contributed by atoms with Gasteiger partial charge in [0.05, 0.1) is 6.54 Å². The molecule has 2 aromatic carbocycles. The molecule has 0 aromatic heterocycles. The van der Waals surface area contributed by atoms with Crippen molar-refractivity contribution in [1.29, 1.82) is 0 Å². The zero-order valence-corrected chi connectivity index (χ0v) is 18.5. The first-order chi connectivity index (χ1) is 14.5. The Labute approximate surface area is 183 Å². The number of amides is 1. The van der Waals surface area contributed by atoms with E-state index in [0.717, 1.165) is 52.9 Å². The largest absolute Gasteiger partial charge is 0.488 e. The van der Waals surface area contributed by atoms with Crippen molar-refractivity contribution in [2.45, 2.75) is 32.8 Å². The van der Waals surface area contributed by atoms with Crippen molar-refractivity contribution in [3.05, 3.63) is 59.2 Å². The van der Waals surface area contributed by atoms with E-state index in [9.17, 15) is 4.79 Å². The van der Waals surface area contributed by atoms with Crippen molar-refractivity contribution < 1.29 is 9.53 Å². The van der Waals surface area contributed by atoms with Gasteiger partial charge in [0.2, 0.25) is 0 Å². The van der Waals surface area contributed by atoms with Crippen molar-refractivity contribution in [3.63, 3.8) is 0 Å². The summed E-state index contributed by atoms with van der Waals surface area (Å²) in [5.74, 6) is 2.84. The lowest BCUT2D eigenvalue weighted by Gasteiger charge is -2.19. The van der Waals surface area contributed by atoms with Gasteiger partial charge in [0.25, 0.3) is 5.91 Å². The maximum atomic E-state index is 13.0. The minimum absolute atomic E-state index is 0.0349. The van der Waals surface area contributed by atoms with Crippen molar-refractivity contribution in [3.8, 4) is 5.75 Å². The van der Waals surface area contributed by atoms with E-state index < -0.39 is 0 Å². The van der Waals surface area contributed by atoms with Crippen molar-refractivity contribution in [2.75, 3.05) is 30.9 Å². The van der Waals surface area contributed by atoms with Gasteiger partial charge in [-0.15, -0.1) is 0 Å². The van der Waals surface area contributed by atoms with Gasteiger partial charge in [0, 0.05) is 55.5 Å². The summed E-state index contributed by atoms with van der Waals surface area (Å²) in [4.78, 5) is 14.9. The van der Waals surface area contributed by atoms with Gasteiger partial charge in [0.1, 0.15) is 11.9 Å². The van der Waals surface area contributed by atoms with Crippen LogP contribution in [0.15, 0.2) is 42.5 Å². The summed E-state index contributed by atoms with van der Waals surface area (Å²) in [6.07, 6.45) is 2.32. The zero-order chi connectivity index (χ0) is 20.7. The van der Waals surface area contributed by atoms with Crippen LogP contribution in [-0.4, -0.2) is 47.4 Å². The van der Waals surface area contributed by atoms with Gasteiger partial charge in [-0.3, -0.25) is 4.79 Å². The van der Waals surface area contributed by atoms with Crippen LogP contribution in [-0.2, 0) is 0 Å². The summed E-state index contributed by atoms with van der Waals surface area (Å²) < 4.78 is 12.1. The topological polar surface area (TPSA) is 44.8 Å². The molecule has 1 saturated carbocycles. The molecule has 2 aliphatic heterocycles. The van der Waals surface area contributed by atoms with E-state index in [1.807, 2.05) is 49.1 Å². The van der Waals surface area contributed by atoms with E-state index in [2.05, 4.69) is 21.2 Å². The number of hydrogen-bond acceptors (Lipinski definition) is 5. The molecule has 3 aliphatic rings. The number of aryl methyl sites for hydroxylation is 2. The second-order valence-electron chi connectivity index (χ2n) is 8.92. The SMILES string of the molecule is Cc1ccc(C)c(C(=O)N2CC[C@H](Oc3cccc(NSN4CC5CC5C4)c3)C2)c1. The molecule has 2 heterocycles. The highest BCUT2D eigenvalue weighted by molar-refractivity contribution is 7.98. The molecule has 2 unspecified atom stereocenters. The van der Waals surface area contributed by atoms with Crippen LogP contribution >= 0.6 is 12.1 Å². The van der Waals surface area contributed by atoms with Gasteiger partial charge >= 0.3 is 0 Å². The molecule has 2 aromatic rings. The second-order valence-corrected chi connectivity index (χ2v) is 9.83. The Balaban J connectivity index is 1.15. The standard InChI is InChI=1S/C24H29N3O2S/c1-16-6-7-17(2)23(10-16)24(28)26-9-8-22(15-26)29-21-5-3-4-20(12-21)25-30-27-13-18-11-19(18)14-27/h3-7,10,12,18-19,22,25H,8-9,11,13-15H2,1-2H3/t18?,19?,22-/m0/s1. The summed E-state index contributed by atoms with van der Waals surface area (Å²) in [5.41, 5.74) is 4.00. The number of ether oxygens (including phenoxy) is 1. The van der Waals surface area contributed by atoms with Crippen molar-refractivity contribution in [1.82, 2.24) is 9.21 Å². The van der Waals surface area contributed by atoms with Crippen LogP contribution in [0.4, 0.5) is 5.69 Å². The highest BCUT2D eigenvalue weighted by Crippen LogP contribution is 2.46. The summed E-state index contributed by atoms with van der Waals surface area (Å²) in [6, 6.07) is 14.2. The highest BCUT2D eigenvalue weighted by Gasteiger charge is 2.45. The molecule has 5 rings (SSSR count). The van der Waals surface area contributed by atoms with Crippen LogP contribution in [0.2, 0.25) is 0 Å². The summed E-state index contributed by atoms with van der Waals surface area (Å²) >= 11 is 1.70. The third kappa shape index (κ3) is 4.30. The van der Waals surface area contributed by atoms with Gasteiger partial charge in [-0.25, -0.2) is 4.31 Å². The fourth-order valence-corrected chi connectivity index (χ4v) is 5.41. The first-order valence-corrected chi connectivity index (χ1v) is 11.6. The molecule has 6 heteroatoms. The number of benzene rings is 2. The fraction of sp³-hybridized carbons (Fsp3) is 0.458. The number of anilines is 1. The minimum atomic E-state index is 0.0349. The van der Waals surface area contributed by atoms with Gasteiger partial charge in [-0.05, 0) is 55.9 Å². The molecule has 30 heavy (non-hydrogen) atoms. The molecule has 3 fully saturated rings. The third-order valence-corrected chi connectivity index (χ3v) is 7.31. The second kappa shape index (κ2) is 8.16. The maximum absolute atomic E-state index is 13.0. The molecule has 5 nitrogen and oxygen atoms in total. The van der Waals surface area contributed by atoms with E-state index in [1.165, 1.54) is 19.5 Å². The van der Waals surface area contributed by atoms with Crippen LogP contribution in [0.3, 0.4) is 0 Å². The Morgan fingerprint density at radius 1 is 1.10 bits per heavy atom. The third-order valence-electron chi connectivity index (χ3n) is 6.43. The van der Waals surface area contributed by atoms with E-state index in [0.29, 0.717) is 6.54 Å². The summed E-state index contributed by atoms with van der Waals surface area (Å²) in [7, 11) is 0. The number of carbonyl (C=O) groups excluding carboxylic acids is 1. The smallest absolute Gasteiger partial charge is 0.254 e. The van der Waals surface area contributed by atoms with Crippen LogP contribution in [0.25, 0.3) is 0 Å². The van der Waals surface area contributed by atoms with E-state index in [-0.39, 0.29) is 12.0 Å². The Morgan fingerprint density at radius 3 is 2.77 bits per heavy atom. The zero-order valence-electron chi connectivity index (χ0n) is 17.6. The molecule has 0 bridgehead atoms. The maximum Gasteiger partial charge on any atom is 0.254 e. The molecule has 1 aliphatic carbocycles. The van der Waals surface area contributed by atoms with Crippen LogP contribution in [0.1, 0.15) is 34.3 Å². The molecule has 2 saturated heterocycles. The van der Waals surface area contributed by atoms with Crippen LogP contribution < -0.4 is 9.46 Å². The van der Waals surface area contributed by atoms with Gasteiger partial charge in [-0.2, -0.15) is 0 Å².